The maximum Gasteiger partial charge on any atom is 0.240 e. The Kier molecular flexibility index (Phi) is 5.59. The molecule has 1 aromatic carbocycles. The second kappa shape index (κ2) is 6.52. The van der Waals surface area contributed by atoms with Crippen LogP contribution in [0.1, 0.15) is 19.4 Å². The van der Waals surface area contributed by atoms with Crippen LogP contribution >= 0.6 is 11.6 Å². The smallest absolute Gasteiger partial charge is 0.240 e. The number of sulfonamides is 1. The molecule has 1 atom stereocenters. The van der Waals surface area contributed by atoms with E-state index >= 15 is 0 Å². The molecule has 0 bridgehead atoms. The Morgan fingerprint density at radius 1 is 1.39 bits per heavy atom. The summed E-state index contributed by atoms with van der Waals surface area (Å²) in [6.07, 6.45) is 0. The number of hydrogen-bond donors (Lipinski definition) is 2. The Morgan fingerprint density at radius 2 is 2.06 bits per heavy atom. The van der Waals surface area contributed by atoms with Crippen molar-refractivity contribution in [3.8, 4) is 0 Å². The average molecular weight is 291 g/mol. The van der Waals surface area contributed by atoms with Crippen LogP contribution in [0.2, 0.25) is 5.02 Å². The van der Waals surface area contributed by atoms with Crippen LogP contribution in [0.3, 0.4) is 0 Å². The minimum atomic E-state index is -3.49. The Bertz CT molecular complexity index is 503. The Hall–Kier alpha value is -0.620. The van der Waals surface area contributed by atoms with Crippen LogP contribution in [0.15, 0.2) is 23.1 Å². The van der Waals surface area contributed by atoms with Gasteiger partial charge in [0, 0.05) is 17.6 Å². The molecule has 0 aromatic heterocycles. The van der Waals surface area contributed by atoms with Gasteiger partial charge in [0.25, 0.3) is 0 Å². The molecule has 102 valence electrons. The summed E-state index contributed by atoms with van der Waals surface area (Å²) < 4.78 is 26.6. The van der Waals surface area contributed by atoms with E-state index in [-0.39, 0.29) is 10.9 Å². The van der Waals surface area contributed by atoms with Crippen molar-refractivity contribution in [3.63, 3.8) is 0 Å². The molecule has 0 amide bonds. The normalized spacial score (nSPS) is 13.6. The summed E-state index contributed by atoms with van der Waals surface area (Å²) in [5, 5.41) is 3.59. The predicted molar refractivity (Wildman–Crippen MR) is 74.5 cm³/mol. The van der Waals surface area contributed by atoms with Gasteiger partial charge in [-0.3, -0.25) is 0 Å². The van der Waals surface area contributed by atoms with Crippen LogP contribution in [-0.4, -0.2) is 27.5 Å². The zero-order valence-corrected chi connectivity index (χ0v) is 12.4. The number of likely N-dealkylation sites (N-methyl/N-ethyl adjacent to an activating group) is 1. The van der Waals surface area contributed by atoms with E-state index in [9.17, 15) is 8.42 Å². The summed E-state index contributed by atoms with van der Waals surface area (Å²) in [6, 6.07) is 4.81. The molecule has 0 saturated carbocycles. The topological polar surface area (TPSA) is 58.2 Å². The van der Waals surface area contributed by atoms with Gasteiger partial charge in [0.1, 0.15) is 0 Å². The molecule has 0 unspecified atom stereocenters. The fourth-order valence-corrected chi connectivity index (χ4v) is 2.88. The lowest BCUT2D eigenvalue weighted by molar-refractivity contribution is 0.536. The third-order valence-corrected chi connectivity index (χ3v) is 4.41. The molecular formula is C12H19ClN2O2S. The first-order chi connectivity index (χ1) is 8.36. The molecule has 0 fully saturated rings. The largest absolute Gasteiger partial charge is 0.313 e. The molecule has 4 nitrogen and oxygen atoms in total. The lowest BCUT2D eigenvalue weighted by Crippen LogP contribution is -2.38. The first-order valence-corrected chi connectivity index (χ1v) is 7.72. The quantitative estimate of drug-likeness (QED) is 0.842. The zero-order chi connectivity index (χ0) is 13.8. The summed E-state index contributed by atoms with van der Waals surface area (Å²) in [6.45, 7) is 6.89. The van der Waals surface area contributed by atoms with Crippen molar-refractivity contribution in [3.05, 3.63) is 28.8 Å². The number of rotatable bonds is 6. The Balaban J connectivity index is 2.77. The maximum absolute atomic E-state index is 12.0. The molecule has 0 heterocycles. The van der Waals surface area contributed by atoms with Crippen LogP contribution in [0.4, 0.5) is 0 Å². The molecule has 6 heteroatoms. The van der Waals surface area contributed by atoms with Gasteiger partial charge < -0.3 is 5.32 Å². The van der Waals surface area contributed by atoms with Gasteiger partial charge in [-0.15, -0.1) is 0 Å². The minimum Gasteiger partial charge on any atom is -0.313 e. The van der Waals surface area contributed by atoms with Crippen LogP contribution in [-0.2, 0) is 10.0 Å². The fraction of sp³-hybridized carbons (Fsp3) is 0.500. The van der Waals surface area contributed by atoms with Crippen molar-refractivity contribution in [2.24, 2.45) is 0 Å². The van der Waals surface area contributed by atoms with Crippen molar-refractivity contribution in [1.29, 1.82) is 0 Å². The molecule has 0 saturated heterocycles. The maximum atomic E-state index is 12.0. The molecule has 1 aromatic rings. The van der Waals surface area contributed by atoms with Crippen molar-refractivity contribution in [2.75, 3.05) is 13.1 Å². The lowest BCUT2D eigenvalue weighted by atomic mass is 10.2. The van der Waals surface area contributed by atoms with E-state index in [0.717, 1.165) is 12.1 Å². The van der Waals surface area contributed by atoms with Crippen LogP contribution < -0.4 is 10.0 Å². The second-order valence-electron chi connectivity index (χ2n) is 4.22. The van der Waals surface area contributed by atoms with E-state index in [0.29, 0.717) is 11.6 Å². The van der Waals surface area contributed by atoms with Crippen molar-refractivity contribution >= 4 is 21.6 Å². The first-order valence-electron chi connectivity index (χ1n) is 5.86. The molecule has 2 N–H and O–H groups in total. The lowest BCUT2D eigenvalue weighted by Gasteiger charge is -2.13. The molecule has 0 aliphatic rings. The van der Waals surface area contributed by atoms with Gasteiger partial charge in [-0.05, 0) is 38.1 Å². The highest BCUT2D eigenvalue weighted by Crippen LogP contribution is 2.19. The summed E-state index contributed by atoms with van der Waals surface area (Å²) in [7, 11) is -3.49. The standard InChI is InChI=1S/C12H19ClN2O2S/c1-4-14-10(3)8-15-18(16,17)11-6-5-9(2)12(13)7-11/h5-7,10,14-15H,4,8H2,1-3H3/t10-/m1/s1. The summed E-state index contributed by atoms with van der Waals surface area (Å²) in [4.78, 5) is 0.196. The summed E-state index contributed by atoms with van der Waals surface area (Å²) in [5.74, 6) is 0. The number of aryl methyl sites for hydroxylation is 1. The van der Waals surface area contributed by atoms with E-state index in [1.54, 1.807) is 12.1 Å². The van der Waals surface area contributed by atoms with Crippen molar-refractivity contribution in [1.82, 2.24) is 10.0 Å². The second-order valence-corrected chi connectivity index (χ2v) is 6.40. The summed E-state index contributed by atoms with van der Waals surface area (Å²) >= 11 is 5.93. The minimum absolute atomic E-state index is 0.0886. The highest BCUT2D eigenvalue weighted by atomic mass is 35.5. The predicted octanol–water partition coefficient (Wildman–Crippen LogP) is 1.92. The van der Waals surface area contributed by atoms with E-state index in [4.69, 9.17) is 11.6 Å². The third kappa shape index (κ3) is 4.24. The molecular weight excluding hydrogens is 272 g/mol. The molecule has 0 aliphatic carbocycles. The monoisotopic (exact) mass is 290 g/mol. The van der Waals surface area contributed by atoms with Gasteiger partial charge in [0.05, 0.1) is 4.90 Å². The fourth-order valence-electron chi connectivity index (χ4n) is 1.48. The number of nitrogens with one attached hydrogen (secondary N) is 2. The van der Waals surface area contributed by atoms with Crippen LogP contribution in [0.25, 0.3) is 0 Å². The number of benzene rings is 1. The van der Waals surface area contributed by atoms with Crippen molar-refractivity contribution < 1.29 is 8.42 Å². The van der Waals surface area contributed by atoms with Crippen LogP contribution in [0, 0.1) is 6.92 Å². The molecule has 18 heavy (non-hydrogen) atoms. The highest BCUT2D eigenvalue weighted by molar-refractivity contribution is 7.89. The van der Waals surface area contributed by atoms with Crippen molar-refractivity contribution in [2.45, 2.75) is 31.7 Å². The van der Waals surface area contributed by atoms with Gasteiger partial charge >= 0.3 is 0 Å². The zero-order valence-electron chi connectivity index (χ0n) is 10.8. The van der Waals surface area contributed by atoms with Gasteiger partial charge in [-0.25, -0.2) is 13.1 Å². The average Bonchev–Trinajstić information content (AvgIpc) is 2.30. The first kappa shape index (κ1) is 15.4. The summed E-state index contributed by atoms with van der Waals surface area (Å²) in [5.41, 5.74) is 0.858. The Morgan fingerprint density at radius 3 is 2.61 bits per heavy atom. The van der Waals surface area contributed by atoms with E-state index in [1.165, 1.54) is 6.07 Å². The van der Waals surface area contributed by atoms with Gasteiger partial charge in [0.15, 0.2) is 0 Å². The van der Waals surface area contributed by atoms with Gasteiger partial charge in [0.2, 0.25) is 10.0 Å². The highest BCUT2D eigenvalue weighted by Gasteiger charge is 2.15. The molecule has 0 radical (unpaired) electrons. The Labute approximate surface area is 114 Å². The van der Waals surface area contributed by atoms with E-state index < -0.39 is 10.0 Å². The van der Waals surface area contributed by atoms with Crippen LogP contribution in [0.5, 0.6) is 0 Å². The molecule has 1 rings (SSSR count). The number of hydrogen-bond acceptors (Lipinski definition) is 3. The number of halogens is 1. The molecule has 0 spiro atoms. The molecule has 0 aliphatic heterocycles. The van der Waals surface area contributed by atoms with E-state index in [1.807, 2.05) is 20.8 Å². The van der Waals surface area contributed by atoms with E-state index in [2.05, 4.69) is 10.0 Å². The third-order valence-electron chi connectivity index (χ3n) is 2.59. The SMILES string of the molecule is CCN[C@H](C)CNS(=O)(=O)c1ccc(C)c(Cl)c1. The van der Waals surface area contributed by atoms with Gasteiger partial charge in [-0.1, -0.05) is 24.6 Å². The van der Waals surface area contributed by atoms with Gasteiger partial charge in [-0.2, -0.15) is 0 Å².